The number of amides is 1. The van der Waals surface area contributed by atoms with Crippen molar-refractivity contribution in [1.29, 1.82) is 0 Å². The van der Waals surface area contributed by atoms with Crippen molar-refractivity contribution < 1.29 is 14.3 Å². The number of methoxy groups -OCH3 is 2. The third kappa shape index (κ3) is 4.21. The highest BCUT2D eigenvalue weighted by Gasteiger charge is 2.37. The van der Waals surface area contributed by atoms with Gasteiger partial charge in [0, 0.05) is 19.5 Å². The molecule has 0 bridgehead atoms. The number of benzene rings is 1. The molecule has 0 N–H and O–H groups in total. The number of fused-ring (bicyclic) bond motifs is 1. The number of carbonyl (C=O) groups excluding carboxylic acids is 1. The Kier molecular flexibility index (Phi) is 5.69. The molecule has 2 aliphatic rings. The van der Waals surface area contributed by atoms with E-state index in [1.165, 1.54) is 12.0 Å². The molecule has 8 heteroatoms. The second-order valence-electron chi connectivity index (χ2n) is 8.29. The summed E-state index contributed by atoms with van der Waals surface area (Å²) in [6.07, 6.45) is 8.70. The van der Waals surface area contributed by atoms with E-state index in [0.29, 0.717) is 25.3 Å². The molecule has 1 aromatic carbocycles. The first kappa shape index (κ1) is 19.7. The van der Waals surface area contributed by atoms with Gasteiger partial charge >= 0.3 is 0 Å². The number of rotatable bonds is 6. The minimum absolute atomic E-state index is 0.0530. The fraction of sp³-hybridized carbons (Fsp3) is 0.619. The van der Waals surface area contributed by atoms with E-state index in [2.05, 4.69) is 15.5 Å². The fourth-order valence-corrected chi connectivity index (χ4v) is 4.82. The Balaban J connectivity index is 1.49. The molecule has 1 aliphatic heterocycles. The van der Waals surface area contributed by atoms with E-state index in [1.807, 2.05) is 17.0 Å². The first-order chi connectivity index (χ1) is 14.1. The molecule has 1 saturated carbocycles. The van der Waals surface area contributed by atoms with E-state index < -0.39 is 0 Å². The van der Waals surface area contributed by atoms with Crippen LogP contribution in [0, 0.1) is 5.41 Å². The molecule has 2 heterocycles. The van der Waals surface area contributed by atoms with Crippen LogP contribution >= 0.6 is 0 Å². The van der Waals surface area contributed by atoms with Crippen LogP contribution in [0.25, 0.3) is 0 Å². The van der Waals surface area contributed by atoms with Crippen molar-refractivity contribution >= 4 is 5.91 Å². The minimum atomic E-state index is -0.0530. The van der Waals surface area contributed by atoms with E-state index >= 15 is 0 Å². The fourth-order valence-electron chi connectivity index (χ4n) is 4.82. The molecule has 156 valence electrons. The smallest absolute Gasteiger partial charge is 0.223 e. The summed E-state index contributed by atoms with van der Waals surface area (Å²) in [5.41, 5.74) is 2.32. The van der Waals surface area contributed by atoms with Crippen molar-refractivity contribution in [3.05, 3.63) is 29.6 Å². The number of hydrogen-bond donors (Lipinski definition) is 0. The molecule has 1 aromatic heterocycles. The van der Waals surface area contributed by atoms with E-state index in [4.69, 9.17) is 9.47 Å². The number of ether oxygens (including phenoxy) is 2. The van der Waals surface area contributed by atoms with Gasteiger partial charge in [0.05, 0.1) is 20.8 Å². The van der Waals surface area contributed by atoms with Crippen LogP contribution in [0.3, 0.4) is 0 Å². The SMILES string of the molecule is COc1cc2c(cc1OC)CN(C(=O)CC1(Cn3cnnn3)CCCCC1)CC2. The van der Waals surface area contributed by atoms with Crippen LogP contribution < -0.4 is 9.47 Å². The van der Waals surface area contributed by atoms with Crippen LogP contribution in [0.4, 0.5) is 0 Å². The van der Waals surface area contributed by atoms with Crippen molar-refractivity contribution in [2.45, 2.75) is 58.0 Å². The van der Waals surface area contributed by atoms with Gasteiger partial charge in [0.15, 0.2) is 11.5 Å². The van der Waals surface area contributed by atoms with Gasteiger partial charge in [0.25, 0.3) is 0 Å². The highest BCUT2D eigenvalue weighted by atomic mass is 16.5. The van der Waals surface area contributed by atoms with Gasteiger partial charge in [0.2, 0.25) is 5.91 Å². The number of hydrogen-bond acceptors (Lipinski definition) is 6. The summed E-state index contributed by atoms with van der Waals surface area (Å²) in [5, 5.41) is 11.6. The summed E-state index contributed by atoms with van der Waals surface area (Å²) in [5.74, 6) is 1.68. The minimum Gasteiger partial charge on any atom is -0.493 e. The third-order valence-corrected chi connectivity index (χ3v) is 6.40. The molecular weight excluding hydrogens is 370 g/mol. The average molecular weight is 399 g/mol. The van der Waals surface area contributed by atoms with Crippen LogP contribution in [0.5, 0.6) is 11.5 Å². The Morgan fingerprint density at radius 2 is 1.83 bits per heavy atom. The van der Waals surface area contributed by atoms with Crippen molar-refractivity contribution in [3.63, 3.8) is 0 Å². The maximum atomic E-state index is 13.3. The molecule has 29 heavy (non-hydrogen) atoms. The number of carbonyl (C=O) groups is 1. The van der Waals surface area contributed by atoms with E-state index in [-0.39, 0.29) is 11.3 Å². The predicted molar refractivity (Wildman–Crippen MR) is 107 cm³/mol. The monoisotopic (exact) mass is 399 g/mol. The Morgan fingerprint density at radius 3 is 2.48 bits per heavy atom. The van der Waals surface area contributed by atoms with E-state index in [1.54, 1.807) is 25.2 Å². The Morgan fingerprint density at radius 1 is 1.10 bits per heavy atom. The standard InChI is InChI=1S/C21H29N5O3/c1-28-18-10-16-6-9-25(13-17(16)11-19(18)29-2)20(27)12-21(7-4-3-5-8-21)14-26-15-22-23-24-26/h10-11,15H,3-9,12-14H2,1-2H3. The second-order valence-corrected chi connectivity index (χ2v) is 8.29. The predicted octanol–water partition coefficient (Wildman–Crippen LogP) is 2.62. The zero-order chi connectivity index (χ0) is 20.3. The van der Waals surface area contributed by atoms with Crippen LogP contribution in [0.1, 0.15) is 49.7 Å². The zero-order valence-electron chi connectivity index (χ0n) is 17.3. The number of nitrogens with zero attached hydrogens (tertiary/aromatic N) is 5. The van der Waals surface area contributed by atoms with Crippen molar-refractivity contribution in [1.82, 2.24) is 25.1 Å². The Bertz CT molecular complexity index is 846. The van der Waals surface area contributed by atoms with Crippen LogP contribution in [-0.2, 0) is 24.3 Å². The maximum Gasteiger partial charge on any atom is 0.223 e. The number of tetrazole rings is 1. The largest absolute Gasteiger partial charge is 0.493 e. The first-order valence-electron chi connectivity index (χ1n) is 10.3. The van der Waals surface area contributed by atoms with E-state index in [9.17, 15) is 4.79 Å². The zero-order valence-corrected chi connectivity index (χ0v) is 17.3. The van der Waals surface area contributed by atoms with Crippen LogP contribution in [0.2, 0.25) is 0 Å². The molecule has 1 amide bonds. The summed E-state index contributed by atoms with van der Waals surface area (Å²) in [6, 6.07) is 4.04. The highest BCUT2D eigenvalue weighted by molar-refractivity contribution is 5.77. The summed E-state index contributed by atoms with van der Waals surface area (Å²) in [6.45, 7) is 2.07. The van der Waals surface area contributed by atoms with Gasteiger partial charge < -0.3 is 14.4 Å². The molecule has 2 aromatic rings. The summed E-state index contributed by atoms with van der Waals surface area (Å²) < 4.78 is 12.6. The molecule has 0 unspecified atom stereocenters. The van der Waals surface area contributed by atoms with Crippen molar-refractivity contribution in [2.75, 3.05) is 20.8 Å². The first-order valence-corrected chi connectivity index (χ1v) is 10.3. The quantitative estimate of drug-likeness (QED) is 0.743. The third-order valence-electron chi connectivity index (χ3n) is 6.40. The van der Waals surface area contributed by atoms with Crippen LogP contribution in [0.15, 0.2) is 18.5 Å². The van der Waals surface area contributed by atoms with Crippen molar-refractivity contribution in [2.24, 2.45) is 5.41 Å². The molecule has 0 spiro atoms. The van der Waals surface area contributed by atoms with Gasteiger partial charge in [-0.2, -0.15) is 0 Å². The van der Waals surface area contributed by atoms with Gasteiger partial charge in [-0.05, 0) is 58.4 Å². The van der Waals surface area contributed by atoms with Gasteiger partial charge in [-0.3, -0.25) is 4.79 Å². The average Bonchev–Trinajstić information content (AvgIpc) is 3.25. The Labute approximate surface area is 171 Å². The summed E-state index contributed by atoms with van der Waals surface area (Å²) >= 11 is 0. The lowest BCUT2D eigenvalue weighted by Crippen LogP contribution is -2.41. The lowest BCUT2D eigenvalue weighted by molar-refractivity contribution is -0.135. The molecule has 8 nitrogen and oxygen atoms in total. The van der Waals surface area contributed by atoms with Crippen molar-refractivity contribution in [3.8, 4) is 11.5 Å². The van der Waals surface area contributed by atoms with Gasteiger partial charge in [-0.25, -0.2) is 4.68 Å². The van der Waals surface area contributed by atoms with Gasteiger partial charge in [0.1, 0.15) is 6.33 Å². The molecule has 1 aliphatic carbocycles. The van der Waals surface area contributed by atoms with Gasteiger partial charge in [-0.15, -0.1) is 5.10 Å². The maximum absolute atomic E-state index is 13.3. The summed E-state index contributed by atoms with van der Waals surface area (Å²) in [4.78, 5) is 15.3. The highest BCUT2D eigenvalue weighted by Crippen LogP contribution is 2.41. The molecule has 0 atom stereocenters. The van der Waals surface area contributed by atoms with Gasteiger partial charge in [-0.1, -0.05) is 19.3 Å². The molecule has 4 rings (SSSR count). The lowest BCUT2D eigenvalue weighted by atomic mass is 9.71. The lowest BCUT2D eigenvalue weighted by Gasteiger charge is -2.39. The topological polar surface area (TPSA) is 82.4 Å². The van der Waals surface area contributed by atoms with Crippen LogP contribution in [-0.4, -0.2) is 51.8 Å². The van der Waals surface area contributed by atoms with E-state index in [0.717, 1.165) is 50.0 Å². The molecule has 0 saturated heterocycles. The summed E-state index contributed by atoms with van der Waals surface area (Å²) in [7, 11) is 3.29. The number of aromatic nitrogens is 4. The second kappa shape index (κ2) is 8.39. The molecular formula is C21H29N5O3. The normalized spacial score (nSPS) is 18.2. The molecule has 1 fully saturated rings. The Hall–Kier alpha value is -2.64. The molecule has 0 radical (unpaired) electrons.